The predicted octanol–water partition coefficient (Wildman–Crippen LogP) is 4.32. The summed E-state index contributed by atoms with van der Waals surface area (Å²) < 4.78 is 9.64. The lowest BCUT2D eigenvalue weighted by Gasteiger charge is -2.18. The first-order chi connectivity index (χ1) is 12.4. The van der Waals surface area contributed by atoms with Crippen molar-refractivity contribution in [2.45, 2.75) is 24.7 Å². The zero-order valence-electron chi connectivity index (χ0n) is 15.1. The number of carbonyl (C=O) groups is 3. The Bertz CT molecular complexity index is 828. The van der Waals surface area contributed by atoms with Crippen LogP contribution in [0.25, 0.3) is 0 Å². The molecule has 0 unspecified atom stereocenters. The molecule has 0 aliphatic carbocycles. The summed E-state index contributed by atoms with van der Waals surface area (Å²) in [5, 5.41) is -0.144. The van der Waals surface area contributed by atoms with E-state index in [1.165, 1.54) is 20.3 Å². The molecule has 0 heterocycles. The standard InChI is InChI=1S/C20H20O5S/c1-12(2)16-15(26-20(23)13-8-6-5-7-9-13)11-10-14(18(21)24-3)17(16)19(22)25-4/h5-12H,1-4H3. The number of esters is 2. The molecule has 0 atom stereocenters. The zero-order chi connectivity index (χ0) is 19.3. The van der Waals surface area contributed by atoms with E-state index in [1.807, 2.05) is 19.9 Å². The van der Waals surface area contributed by atoms with Gasteiger partial charge in [-0.25, -0.2) is 9.59 Å². The van der Waals surface area contributed by atoms with Gasteiger partial charge in [-0.3, -0.25) is 4.79 Å². The fraction of sp³-hybridized carbons (Fsp3) is 0.250. The van der Waals surface area contributed by atoms with Crippen molar-refractivity contribution in [1.29, 1.82) is 0 Å². The van der Waals surface area contributed by atoms with E-state index < -0.39 is 11.9 Å². The van der Waals surface area contributed by atoms with E-state index in [0.717, 1.165) is 11.8 Å². The minimum absolute atomic E-state index is 0.111. The summed E-state index contributed by atoms with van der Waals surface area (Å²) >= 11 is 1.02. The first kappa shape index (κ1) is 19.7. The average Bonchev–Trinajstić information content (AvgIpc) is 2.66. The second-order valence-electron chi connectivity index (χ2n) is 5.79. The summed E-state index contributed by atoms with van der Waals surface area (Å²) in [5.74, 6) is -1.37. The van der Waals surface area contributed by atoms with E-state index in [1.54, 1.807) is 30.3 Å². The Labute approximate surface area is 156 Å². The largest absolute Gasteiger partial charge is 0.465 e. The van der Waals surface area contributed by atoms with Crippen molar-refractivity contribution in [1.82, 2.24) is 0 Å². The molecule has 0 saturated heterocycles. The molecule has 2 rings (SSSR count). The molecular formula is C20H20O5S. The molecule has 0 radical (unpaired) electrons. The zero-order valence-corrected chi connectivity index (χ0v) is 15.9. The Hall–Kier alpha value is -2.60. The molecule has 6 heteroatoms. The Morgan fingerprint density at radius 1 is 0.885 bits per heavy atom. The summed E-state index contributed by atoms with van der Waals surface area (Å²) in [4.78, 5) is 37.6. The lowest BCUT2D eigenvalue weighted by Crippen LogP contribution is -2.16. The summed E-state index contributed by atoms with van der Waals surface area (Å²) in [6.07, 6.45) is 0. The molecule has 0 saturated carbocycles. The topological polar surface area (TPSA) is 69.7 Å². The van der Waals surface area contributed by atoms with Crippen LogP contribution in [0.15, 0.2) is 47.4 Å². The minimum Gasteiger partial charge on any atom is -0.465 e. The first-order valence-electron chi connectivity index (χ1n) is 8.01. The van der Waals surface area contributed by atoms with Crippen molar-refractivity contribution in [3.05, 3.63) is 64.7 Å². The number of benzene rings is 2. The molecule has 0 amide bonds. The molecule has 5 nitrogen and oxygen atoms in total. The Morgan fingerprint density at radius 2 is 1.50 bits per heavy atom. The van der Waals surface area contributed by atoms with E-state index in [-0.39, 0.29) is 22.2 Å². The number of methoxy groups -OCH3 is 2. The maximum Gasteiger partial charge on any atom is 0.339 e. The van der Waals surface area contributed by atoms with Crippen LogP contribution in [0.2, 0.25) is 0 Å². The third kappa shape index (κ3) is 4.14. The van der Waals surface area contributed by atoms with Crippen LogP contribution in [0.4, 0.5) is 0 Å². The van der Waals surface area contributed by atoms with Crippen LogP contribution in [0.1, 0.15) is 56.4 Å². The van der Waals surface area contributed by atoms with Crippen LogP contribution in [0.5, 0.6) is 0 Å². The van der Waals surface area contributed by atoms with Gasteiger partial charge in [-0.2, -0.15) is 0 Å². The summed E-state index contributed by atoms with van der Waals surface area (Å²) in [6, 6.07) is 12.0. The van der Waals surface area contributed by atoms with Crippen molar-refractivity contribution in [2.24, 2.45) is 0 Å². The first-order valence-corrected chi connectivity index (χ1v) is 8.83. The predicted molar refractivity (Wildman–Crippen MR) is 99.8 cm³/mol. The molecular weight excluding hydrogens is 352 g/mol. The Kier molecular flexibility index (Phi) is 6.58. The fourth-order valence-corrected chi connectivity index (χ4v) is 3.64. The third-order valence-corrected chi connectivity index (χ3v) is 4.79. The maximum absolute atomic E-state index is 12.6. The molecule has 0 N–H and O–H groups in total. The van der Waals surface area contributed by atoms with Gasteiger partial charge in [0.2, 0.25) is 5.12 Å². The van der Waals surface area contributed by atoms with Gasteiger partial charge >= 0.3 is 11.9 Å². The van der Waals surface area contributed by atoms with E-state index in [9.17, 15) is 14.4 Å². The molecule has 2 aromatic rings. The Morgan fingerprint density at radius 3 is 2.04 bits per heavy atom. The number of ether oxygens (including phenoxy) is 2. The lowest BCUT2D eigenvalue weighted by atomic mass is 9.93. The van der Waals surface area contributed by atoms with Gasteiger partial charge in [0, 0.05) is 10.5 Å². The van der Waals surface area contributed by atoms with Crippen LogP contribution < -0.4 is 0 Å². The van der Waals surface area contributed by atoms with Crippen molar-refractivity contribution < 1.29 is 23.9 Å². The number of carbonyl (C=O) groups excluding carboxylic acids is 3. The highest BCUT2D eigenvalue weighted by atomic mass is 32.2. The van der Waals surface area contributed by atoms with Gasteiger partial charge in [0.25, 0.3) is 0 Å². The van der Waals surface area contributed by atoms with E-state index in [2.05, 4.69) is 0 Å². The second kappa shape index (κ2) is 8.67. The van der Waals surface area contributed by atoms with Gasteiger partial charge in [-0.1, -0.05) is 44.2 Å². The van der Waals surface area contributed by atoms with Crippen LogP contribution >= 0.6 is 11.8 Å². The SMILES string of the molecule is COC(=O)c1ccc(SC(=O)c2ccccc2)c(C(C)C)c1C(=O)OC. The highest BCUT2D eigenvalue weighted by Crippen LogP contribution is 2.35. The van der Waals surface area contributed by atoms with Gasteiger partial charge < -0.3 is 9.47 Å². The van der Waals surface area contributed by atoms with Crippen LogP contribution in [0, 0.1) is 0 Å². The lowest BCUT2D eigenvalue weighted by molar-refractivity contribution is 0.0553. The number of thioether (sulfide) groups is 1. The van der Waals surface area contributed by atoms with Gasteiger partial charge in [0.05, 0.1) is 25.3 Å². The van der Waals surface area contributed by atoms with E-state index in [0.29, 0.717) is 16.0 Å². The monoisotopic (exact) mass is 372 g/mol. The molecule has 2 aromatic carbocycles. The average molecular weight is 372 g/mol. The molecule has 0 aliphatic rings. The second-order valence-corrected chi connectivity index (χ2v) is 6.81. The van der Waals surface area contributed by atoms with E-state index >= 15 is 0 Å². The van der Waals surface area contributed by atoms with Gasteiger partial charge in [0.1, 0.15) is 0 Å². The van der Waals surface area contributed by atoms with Crippen molar-refractivity contribution in [2.75, 3.05) is 14.2 Å². The summed E-state index contributed by atoms with van der Waals surface area (Å²) in [7, 11) is 2.50. The van der Waals surface area contributed by atoms with Gasteiger partial charge in [0.15, 0.2) is 0 Å². The number of rotatable bonds is 5. The van der Waals surface area contributed by atoms with Crippen molar-refractivity contribution >= 4 is 28.8 Å². The van der Waals surface area contributed by atoms with Crippen molar-refractivity contribution in [3.63, 3.8) is 0 Å². The molecule has 26 heavy (non-hydrogen) atoms. The highest BCUT2D eigenvalue weighted by Gasteiger charge is 2.27. The molecule has 0 aromatic heterocycles. The van der Waals surface area contributed by atoms with Gasteiger partial charge in [-0.05, 0) is 35.4 Å². The minimum atomic E-state index is -0.635. The third-order valence-electron chi connectivity index (χ3n) is 3.79. The Balaban J connectivity index is 2.58. The van der Waals surface area contributed by atoms with Crippen LogP contribution in [0.3, 0.4) is 0 Å². The van der Waals surface area contributed by atoms with Crippen LogP contribution in [-0.4, -0.2) is 31.3 Å². The molecule has 136 valence electrons. The quantitative estimate of drug-likeness (QED) is 0.575. The van der Waals surface area contributed by atoms with Crippen LogP contribution in [-0.2, 0) is 9.47 Å². The molecule has 0 bridgehead atoms. The summed E-state index contributed by atoms with van der Waals surface area (Å²) in [6.45, 7) is 3.78. The number of hydrogen-bond acceptors (Lipinski definition) is 6. The normalized spacial score (nSPS) is 10.5. The molecule has 0 fully saturated rings. The maximum atomic E-state index is 12.6. The van der Waals surface area contributed by atoms with Gasteiger partial charge in [-0.15, -0.1) is 0 Å². The van der Waals surface area contributed by atoms with Crippen molar-refractivity contribution in [3.8, 4) is 0 Å². The molecule has 0 spiro atoms. The summed E-state index contributed by atoms with van der Waals surface area (Å²) in [5.41, 5.74) is 1.41. The fourth-order valence-electron chi connectivity index (χ4n) is 2.60. The van der Waals surface area contributed by atoms with E-state index in [4.69, 9.17) is 9.47 Å². The molecule has 0 aliphatic heterocycles. The number of hydrogen-bond donors (Lipinski definition) is 0. The smallest absolute Gasteiger partial charge is 0.339 e. The highest BCUT2D eigenvalue weighted by molar-refractivity contribution is 8.14.